The first-order valence-corrected chi connectivity index (χ1v) is 6.33. The maximum Gasteiger partial charge on any atom is 0.183 e. The van der Waals surface area contributed by atoms with Gasteiger partial charge in [0.05, 0.1) is 5.69 Å². The SMILES string of the molecule is Cc1cc(C)c(-n2nnc3ccc(C)nc32)c(C)c1. The molecule has 4 heteroatoms. The minimum absolute atomic E-state index is 0.815. The molecule has 0 fully saturated rings. The predicted octanol–water partition coefficient (Wildman–Crippen LogP) is 3.05. The minimum Gasteiger partial charge on any atom is -0.232 e. The van der Waals surface area contributed by atoms with E-state index in [1.807, 2.05) is 23.7 Å². The highest BCUT2D eigenvalue weighted by Crippen LogP contribution is 2.23. The van der Waals surface area contributed by atoms with E-state index >= 15 is 0 Å². The van der Waals surface area contributed by atoms with Crippen molar-refractivity contribution in [2.24, 2.45) is 0 Å². The van der Waals surface area contributed by atoms with Gasteiger partial charge in [-0.1, -0.05) is 22.9 Å². The van der Waals surface area contributed by atoms with Crippen LogP contribution in [0.5, 0.6) is 0 Å². The zero-order valence-electron chi connectivity index (χ0n) is 11.6. The summed E-state index contributed by atoms with van der Waals surface area (Å²) in [6.07, 6.45) is 0. The van der Waals surface area contributed by atoms with E-state index in [4.69, 9.17) is 0 Å². The van der Waals surface area contributed by atoms with Crippen molar-refractivity contribution in [2.45, 2.75) is 27.7 Å². The summed E-state index contributed by atoms with van der Waals surface area (Å²) in [5.41, 5.74) is 7.32. The van der Waals surface area contributed by atoms with Gasteiger partial charge in [0, 0.05) is 5.69 Å². The van der Waals surface area contributed by atoms with Crippen molar-refractivity contribution < 1.29 is 0 Å². The van der Waals surface area contributed by atoms with Crippen molar-refractivity contribution in [1.82, 2.24) is 20.0 Å². The molecule has 2 aromatic heterocycles. The largest absolute Gasteiger partial charge is 0.232 e. The van der Waals surface area contributed by atoms with Gasteiger partial charge < -0.3 is 0 Å². The maximum absolute atomic E-state index is 4.55. The molecule has 19 heavy (non-hydrogen) atoms. The highest BCUT2D eigenvalue weighted by atomic mass is 15.4. The predicted molar refractivity (Wildman–Crippen MR) is 75.6 cm³/mol. The van der Waals surface area contributed by atoms with Crippen LogP contribution in [0.15, 0.2) is 24.3 Å². The van der Waals surface area contributed by atoms with Gasteiger partial charge >= 0.3 is 0 Å². The zero-order valence-corrected chi connectivity index (χ0v) is 11.6. The molecular formula is C15H16N4. The van der Waals surface area contributed by atoms with Gasteiger partial charge in [0.15, 0.2) is 5.65 Å². The Labute approximate surface area is 112 Å². The van der Waals surface area contributed by atoms with Crippen molar-refractivity contribution in [3.8, 4) is 5.69 Å². The Hall–Kier alpha value is -2.23. The fraction of sp³-hybridized carbons (Fsp3) is 0.267. The van der Waals surface area contributed by atoms with E-state index in [2.05, 4.69) is 48.2 Å². The van der Waals surface area contributed by atoms with Crippen LogP contribution >= 0.6 is 0 Å². The maximum atomic E-state index is 4.55. The van der Waals surface area contributed by atoms with Crippen molar-refractivity contribution in [1.29, 1.82) is 0 Å². The lowest BCUT2D eigenvalue weighted by atomic mass is 10.1. The molecule has 0 saturated heterocycles. The van der Waals surface area contributed by atoms with E-state index in [1.165, 1.54) is 16.7 Å². The number of pyridine rings is 1. The molecule has 0 aliphatic carbocycles. The second-order valence-electron chi connectivity index (χ2n) is 5.04. The Morgan fingerprint density at radius 1 is 0.947 bits per heavy atom. The van der Waals surface area contributed by atoms with Gasteiger partial charge in [-0.05, 0) is 51.0 Å². The Balaban J connectivity index is 2.33. The standard InChI is InChI=1S/C15H16N4/c1-9-7-10(2)14(11(3)8-9)19-15-13(17-18-19)6-5-12(4)16-15/h5-8H,1-4H3. The number of rotatable bonds is 1. The normalized spacial score (nSPS) is 11.2. The van der Waals surface area contributed by atoms with Crippen LogP contribution in [-0.2, 0) is 0 Å². The van der Waals surface area contributed by atoms with Crippen molar-refractivity contribution >= 4 is 11.2 Å². The summed E-state index contributed by atoms with van der Waals surface area (Å²) in [6.45, 7) is 8.27. The number of fused-ring (bicyclic) bond motifs is 1. The van der Waals surface area contributed by atoms with Gasteiger partial charge in [-0.3, -0.25) is 0 Å². The van der Waals surface area contributed by atoms with Gasteiger partial charge in [-0.25, -0.2) is 4.98 Å². The van der Waals surface area contributed by atoms with Crippen molar-refractivity contribution in [3.05, 3.63) is 46.6 Å². The average Bonchev–Trinajstić information content (AvgIpc) is 2.71. The minimum atomic E-state index is 0.815. The summed E-state index contributed by atoms with van der Waals surface area (Å²) in [5.74, 6) is 0. The van der Waals surface area contributed by atoms with Crippen LogP contribution in [0.2, 0.25) is 0 Å². The molecule has 0 amide bonds. The van der Waals surface area contributed by atoms with Crippen molar-refractivity contribution in [3.63, 3.8) is 0 Å². The van der Waals surface area contributed by atoms with Gasteiger partial charge in [0.2, 0.25) is 0 Å². The van der Waals surface area contributed by atoms with Crippen LogP contribution in [0, 0.1) is 27.7 Å². The first-order valence-electron chi connectivity index (χ1n) is 6.33. The molecular weight excluding hydrogens is 236 g/mol. The topological polar surface area (TPSA) is 43.6 Å². The first-order chi connectivity index (χ1) is 9.06. The molecule has 0 saturated carbocycles. The quantitative estimate of drug-likeness (QED) is 0.668. The van der Waals surface area contributed by atoms with E-state index in [9.17, 15) is 0 Å². The van der Waals surface area contributed by atoms with Crippen LogP contribution in [0.3, 0.4) is 0 Å². The first kappa shape index (κ1) is 11.8. The highest BCUT2D eigenvalue weighted by Gasteiger charge is 2.12. The van der Waals surface area contributed by atoms with Crippen molar-refractivity contribution in [2.75, 3.05) is 0 Å². The summed E-state index contributed by atoms with van der Waals surface area (Å²) < 4.78 is 1.84. The third-order valence-electron chi connectivity index (χ3n) is 3.28. The van der Waals surface area contributed by atoms with Crippen LogP contribution in [0.1, 0.15) is 22.4 Å². The lowest BCUT2D eigenvalue weighted by molar-refractivity contribution is 0.806. The second-order valence-corrected chi connectivity index (χ2v) is 5.04. The zero-order chi connectivity index (χ0) is 13.6. The summed E-state index contributed by atoms with van der Waals surface area (Å²) >= 11 is 0. The van der Waals surface area contributed by atoms with Crippen LogP contribution in [0.4, 0.5) is 0 Å². The van der Waals surface area contributed by atoms with Gasteiger partial charge in [-0.15, -0.1) is 5.10 Å². The fourth-order valence-electron chi connectivity index (χ4n) is 2.56. The second kappa shape index (κ2) is 4.16. The number of aromatic nitrogens is 4. The number of hydrogen-bond donors (Lipinski definition) is 0. The van der Waals surface area contributed by atoms with Crippen LogP contribution in [-0.4, -0.2) is 20.0 Å². The van der Waals surface area contributed by atoms with E-state index < -0.39 is 0 Å². The number of benzene rings is 1. The molecule has 4 nitrogen and oxygen atoms in total. The molecule has 2 heterocycles. The molecule has 3 rings (SSSR count). The molecule has 0 unspecified atom stereocenters. The molecule has 0 bridgehead atoms. The number of aryl methyl sites for hydroxylation is 4. The number of hydrogen-bond acceptors (Lipinski definition) is 3. The van der Waals surface area contributed by atoms with E-state index in [0.29, 0.717) is 0 Å². The van der Waals surface area contributed by atoms with E-state index in [0.717, 1.165) is 22.5 Å². The monoisotopic (exact) mass is 252 g/mol. The summed E-state index contributed by atoms with van der Waals surface area (Å²) in [5, 5.41) is 8.45. The Morgan fingerprint density at radius 2 is 1.63 bits per heavy atom. The van der Waals surface area contributed by atoms with Gasteiger partial charge in [0.25, 0.3) is 0 Å². The molecule has 0 N–H and O–H groups in total. The summed E-state index contributed by atoms with van der Waals surface area (Å²) in [7, 11) is 0. The lowest BCUT2D eigenvalue weighted by Gasteiger charge is -2.11. The molecule has 3 aromatic rings. The van der Waals surface area contributed by atoms with Crippen LogP contribution < -0.4 is 0 Å². The fourth-order valence-corrected chi connectivity index (χ4v) is 2.56. The number of nitrogens with zero attached hydrogens (tertiary/aromatic N) is 4. The molecule has 0 spiro atoms. The molecule has 0 aliphatic rings. The smallest absolute Gasteiger partial charge is 0.183 e. The molecule has 1 aromatic carbocycles. The van der Waals surface area contributed by atoms with E-state index in [1.54, 1.807) is 0 Å². The average molecular weight is 252 g/mol. The Bertz CT molecular complexity index is 748. The summed E-state index contributed by atoms with van der Waals surface area (Å²) in [6, 6.07) is 8.23. The molecule has 0 atom stereocenters. The Kier molecular flexibility index (Phi) is 2.59. The summed E-state index contributed by atoms with van der Waals surface area (Å²) in [4.78, 5) is 4.55. The third kappa shape index (κ3) is 1.89. The lowest BCUT2D eigenvalue weighted by Crippen LogP contribution is -2.04. The molecule has 0 aliphatic heterocycles. The van der Waals surface area contributed by atoms with Crippen LogP contribution in [0.25, 0.3) is 16.9 Å². The molecule has 96 valence electrons. The highest BCUT2D eigenvalue weighted by molar-refractivity contribution is 5.72. The Morgan fingerprint density at radius 3 is 2.32 bits per heavy atom. The van der Waals surface area contributed by atoms with E-state index in [-0.39, 0.29) is 0 Å². The third-order valence-corrected chi connectivity index (χ3v) is 3.28. The molecule has 0 radical (unpaired) electrons. The van der Waals surface area contributed by atoms with Gasteiger partial charge in [0.1, 0.15) is 5.52 Å². The van der Waals surface area contributed by atoms with Gasteiger partial charge in [-0.2, -0.15) is 4.68 Å².